The van der Waals surface area contributed by atoms with Crippen LogP contribution in [-0.4, -0.2) is 59.4 Å². The Kier molecular flexibility index (Phi) is 8.04. The Morgan fingerprint density at radius 3 is 2.68 bits per heavy atom. The van der Waals surface area contributed by atoms with Crippen molar-refractivity contribution in [2.24, 2.45) is 5.92 Å². The summed E-state index contributed by atoms with van der Waals surface area (Å²) in [4.78, 5) is 34.0. The number of nitrogens with zero attached hydrogens (tertiary/aromatic N) is 3. The first-order valence-corrected chi connectivity index (χ1v) is 11.1. The molecule has 6 heteroatoms. The molecular formula is C25H33N3O3. The van der Waals surface area contributed by atoms with Crippen molar-refractivity contribution in [3.05, 3.63) is 59.9 Å². The largest absolute Gasteiger partial charge is 0.491 e. The molecule has 0 saturated heterocycles. The third kappa shape index (κ3) is 6.29. The number of rotatable bonds is 4. The van der Waals surface area contributed by atoms with Crippen molar-refractivity contribution < 1.29 is 14.3 Å². The molecular weight excluding hydrogens is 390 g/mol. The zero-order valence-electron chi connectivity index (χ0n) is 18.8. The van der Waals surface area contributed by atoms with Crippen LogP contribution in [0.2, 0.25) is 0 Å². The van der Waals surface area contributed by atoms with Gasteiger partial charge >= 0.3 is 0 Å². The molecule has 1 aromatic carbocycles. The van der Waals surface area contributed by atoms with Gasteiger partial charge in [-0.05, 0) is 48.9 Å². The summed E-state index contributed by atoms with van der Waals surface area (Å²) in [6, 6.07) is 11.1. The van der Waals surface area contributed by atoms with Crippen LogP contribution in [0.5, 0.6) is 5.75 Å². The predicted molar refractivity (Wildman–Crippen MR) is 121 cm³/mol. The highest BCUT2D eigenvalue weighted by Gasteiger charge is 2.27. The van der Waals surface area contributed by atoms with Gasteiger partial charge in [0, 0.05) is 32.5 Å². The topological polar surface area (TPSA) is 62.7 Å². The predicted octanol–water partition coefficient (Wildman–Crippen LogP) is 3.81. The van der Waals surface area contributed by atoms with E-state index in [1.165, 1.54) is 0 Å². The third-order valence-electron chi connectivity index (χ3n) is 5.62. The Balaban J connectivity index is 1.86. The number of ether oxygens (including phenoxy) is 1. The van der Waals surface area contributed by atoms with E-state index in [4.69, 9.17) is 4.74 Å². The van der Waals surface area contributed by atoms with E-state index >= 15 is 0 Å². The van der Waals surface area contributed by atoms with E-state index in [0.717, 1.165) is 24.8 Å². The Labute approximate surface area is 185 Å². The number of benzene rings is 1. The van der Waals surface area contributed by atoms with Gasteiger partial charge in [-0.3, -0.25) is 14.6 Å². The molecule has 1 aromatic heterocycles. The highest BCUT2D eigenvalue weighted by molar-refractivity contribution is 5.96. The molecule has 3 rings (SSSR count). The average Bonchev–Trinajstić information content (AvgIpc) is 2.76. The van der Waals surface area contributed by atoms with E-state index in [1.54, 1.807) is 17.3 Å². The second kappa shape index (κ2) is 10.9. The Bertz CT molecular complexity index is 869. The van der Waals surface area contributed by atoms with Crippen LogP contribution in [0.1, 0.15) is 49.0 Å². The maximum atomic E-state index is 13.3. The lowest BCUT2D eigenvalue weighted by atomic mass is 10.0. The van der Waals surface area contributed by atoms with Gasteiger partial charge in [-0.2, -0.15) is 0 Å². The number of hydrogen-bond donors (Lipinski definition) is 0. The van der Waals surface area contributed by atoms with Crippen molar-refractivity contribution in [3.8, 4) is 5.75 Å². The Hall–Kier alpha value is -2.89. The Morgan fingerprint density at radius 2 is 1.94 bits per heavy atom. The van der Waals surface area contributed by atoms with Gasteiger partial charge in [0.05, 0.1) is 18.0 Å². The second-order valence-corrected chi connectivity index (χ2v) is 8.65. The van der Waals surface area contributed by atoms with Gasteiger partial charge in [0.25, 0.3) is 5.91 Å². The molecule has 1 atom stereocenters. The molecule has 166 valence electrons. The van der Waals surface area contributed by atoms with Gasteiger partial charge < -0.3 is 14.5 Å². The highest BCUT2D eigenvalue weighted by Crippen LogP contribution is 2.23. The summed E-state index contributed by atoms with van der Waals surface area (Å²) in [5.74, 6) is 1.06. The lowest BCUT2D eigenvalue weighted by molar-refractivity contribution is -0.134. The monoisotopic (exact) mass is 423 g/mol. The molecule has 31 heavy (non-hydrogen) atoms. The number of aromatic nitrogens is 1. The Morgan fingerprint density at radius 1 is 1.16 bits per heavy atom. The van der Waals surface area contributed by atoms with Crippen molar-refractivity contribution in [2.75, 3.05) is 26.7 Å². The number of carbonyl (C=O) groups is 2. The maximum absolute atomic E-state index is 13.3. The van der Waals surface area contributed by atoms with Crippen LogP contribution in [-0.2, 0) is 11.2 Å². The summed E-state index contributed by atoms with van der Waals surface area (Å²) in [5.41, 5.74) is 1.49. The highest BCUT2D eigenvalue weighted by atomic mass is 16.5. The molecule has 2 aromatic rings. The fraction of sp³-hybridized carbons (Fsp3) is 0.480. The number of fused-ring (bicyclic) bond motifs is 1. The SMILES string of the molecule is CC(C)C[C@H]1COc2ccccc2C(=O)N(C)CCCCN1C(=O)Cc1cccnc1. The van der Waals surface area contributed by atoms with Crippen molar-refractivity contribution in [2.45, 2.75) is 45.6 Å². The van der Waals surface area contributed by atoms with Crippen LogP contribution in [0, 0.1) is 5.92 Å². The number of carbonyl (C=O) groups excluding carboxylic acids is 2. The molecule has 0 aliphatic carbocycles. The molecule has 1 aliphatic rings. The summed E-state index contributed by atoms with van der Waals surface area (Å²) in [6.07, 6.45) is 6.32. The molecule has 2 heterocycles. The zero-order chi connectivity index (χ0) is 22.2. The molecule has 6 nitrogen and oxygen atoms in total. The molecule has 2 amide bonds. The van der Waals surface area contributed by atoms with E-state index in [-0.39, 0.29) is 17.9 Å². The molecule has 1 aliphatic heterocycles. The van der Waals surface area contributed by atoms with Crippen molar-refractivity contribution in [3.63, 3.8) is 0 Å². The second-order valence-electron chi connectivity index (χ2n) is 8.65. The minimum absolute atomic E-state index is 0.0268. The van der Waals surface area contributed by atoms with Crippen molar-refractivity contribution in [1.82, 2.24) is 14.8 Å². The third-order valence-corrected chi connectivity index (χ3v) is 5.62. The fourth-order valence-electron chi connectivity index (χ4n) is 4.01. The van der Waals surface area contributed by atoms with Crippen LogP contribution < -0.4 is 4.74 Å². The molecule has 0 radical (unpaired) electrons. The van der Waals surface area contributed by atoms with E-state index in [9.17, 15) is 9.59 Å². The van der Waals surface area contributed by atoms with Crippen LogP contribution >= 0.6 is 0 Å². The smallest absolute Gasteiger partial charge is 0.257 e. The molecule has 0 N–H and O–H groups in total. The van der Waals surface area contributed by atoms with Crippen molar-refractivity contribution >= 4 is 11.8 Å². The quantitative estimate of drug-likeness (QED) is 0.750. The summed E-state index contributed by atoms with van der Waals surface area (Å²) in [7, 11) is 1.82. The summed E-state index contributed by atoms with van der Waals surface area (Å²) < 4.78 is 6.17. The van der Waals surface area contributed by atoms with Gasteiger partial charge in [-0.1, -0.05) is 32.0 Å². The minimum Gasteiger partial charge on any atom is -0.491 e. The first-order valence-electron chi connectivity index (χ1n) is 11.1. The number of amides is 2. The normalized spacial score (nSPS) is 18.1. The first kappa shape index (κ1) is 22.8. The van der Waals surface area contributed by atoms with Gasteiger partial charge in [0.15, 0.2) is 0 Å². The van der Waals surface area contributed by atoms with Gasteiger partial charge in [0.2, 0.25) is 5.91 Å². The standard InChI is InChI=1S/C25H33N3O3/c1-19(2)15-21-18-31-23-11-5-4-10-22(23)25(30)27(3)13-6-7-14-28(21)24(29)16-20-9-8-12-26-17-20/h4-5,8-12,17,19,21H,6-7,13-16,18H2,1-3H3/t21-/m0/s1. The van der Waals surface area contributed by atoms with Gasteiger partial charge in [0.1, 0.15) is 12.4 Å². The van der Waals surface area contributed by atoms with E-state index in [0.29, 0.717) is 43.3 Å². The lowest BCUT2D eigenvalue weighted by Gasteiger charge is -2.34. The molecule has 0 unspecified atom stereocenters. The van der Waals surface area contributed by atoms with Crippen LogP contribution in [0.4, 0.5) is 0 Å². The lowest BCUT2D eigenvalue weighted by Crippen LogP contribution is -2.46. The van der Waals surface area contributed by atoms with Crippen LogP contribution in [0.15, 0.2) is 48.8 Å². The molecule has 0 fully saturated rings. The maximum Gasteiger partial charge on any atom is 0.257 e. The van der Waals surface area contributed by atoms with Crippen LogP contribution in [0.25, 0.3) is 0 Å². The number of para-hydroxylation sites is 1. The minimum atomic E-state index is -0.0514. The van der Waals surface area contributed by atoms with Gasteiger partial charge in [-0.15, -0.1) is 0 Å². The zero-order valence-corrected chi connectivity index (χ0v) is 18.8. The van der Waals surface area contributed by atoms with Crippen LogP contribution in [0.3, 0.4) is 0 Å². The van der Waals surface area contributed by atoms with E-state index in [2.05, 4.69) is 18.8 Å². The molecule has 0 saturated carbocycles. The molecule has 0 bridgehead atoms. The number of hydrogen-bond acceptors (Lipinski definition) is 4. The fourth-order valence-corrected chi connectivity index (χ4v) is 4.01. The summed E-state index contributed by atoms with van der Waals surface area (Å²) in [5, 5.41) is 0. The van der Waals surface area contributed by atoms with Gasteiger partial charge in [-0.25, -0.2) is 0 Å². The first-order chi connectivity index (χ1) is 15.0. The number of pyridine rings is 1. The van der Waals surface area contributed by atoms with E-state index in [1.807, 2.05) is 48.3 Å². The van der Waals surface area contributed by atoms with E-state index < -0.39 is 0 Å². The summed E-state index contributed by atoms with van der Waals surface area (Å²) in [6.45, 7) is 5.99. The summed E-state index contributed by atoms with van der Waals surface area (Å²) >= 11 is 0. The molecule has 0 spiro atoms. The average molecular weight is 424 g/mol. The van der Waals surface area contributed by atoms with Crippen molar-refractivity contribution in [1.29, 1.82) is 0 Å².